The minimum Gasteiger partial charge on any atom is -0.324 e. The predicted octanol–water partition coefficient (Wildman–Crippen LogP) is 3.81. The third-order valence-corrected chi connectivity index (χ3v) is 9.09. The number of fused-ring (bicyclic) bond motifs is 5. The van der Waals surface area contributed by atoms with Crippen molar-refractivity contribution in [3.8, 4) is 0 Å². The number of benzene rings is 3. The molecule has 36 heavy (non-hydrogen) atoms. The number of amides is 1. The molecule has 0 aliphatic carbocycles. The normalized spacial score (nSPS) is 33.3. The van der Waals surface area contributed by atoms with Gasteiger partial charge in [0.25, 0.3) is 5.91 Å². The molecule has 7 rings (SSSR count). The molecule has 5 atom stereocenters. The van der Waals surface area contributed by atoms with Gasteiger partial charge >= 0.3 is 0 Å². The molecule has 6 nitrogen and oxygen atoms in total. The Kier molecular flexibility index (Phi) is 4.69. The number of hydrogen-bond acceptors (Lipinski definition) is 5. The fourth-order valence-corrected chi connectivity index (χ4v) is 7.85. The van der Waals surface area contributed by atoms with E-state index >= 15 is 0 Å². The average molecular weight is 478 g/mol. The van der Waals surface area contributed by atoms with Crippen LogP contribution in [-0.2, 0) is 10.3 Å². The number of likely N-dealkylation sites (tertiary alicyclic amines) is 2. The molecule has 2 unspecified atom stereocenters. The molecule has 3 aromatic carbocycles. The van der Waals surface area contributed by atoms with Crippen LogP contribution in [0.3, 0.4) is 0 Å². The summed E-state index contributed by atoms with van der Waals surface area (Å²) in [6.07, 6.45) is 0. The van der Waals surface area contributed by atoms with Crippen molar-refractivity contribution in [1.29, 1.82) is 0 Å². The van der Waals surface area contributed by atoms with Crippen LogP contribution in [0.25, 0.3) is 0 Å². The lowest BCUT2D eigenvalue weighted by Gasteiger charge is -2.53. The van der Waals surface area contributed by atoms with Gasteiger partial charge in [-0.15, -0.1) is 0 Å². The largest absolute Gasteiger partial charge is 0.324 e. The Hall–Kier alpha value is -3.48. The van der Waals surface area contributed by atoms with Gasteiger partial charge in [-0.1, -0.05) is 78.9 Å². The molecule has 2 spiro atoms. The van der Waals surface area contributed by atoms with Gasteiger partial charge in [0.15, 0.2) is 0 Å². The van der Waals surface area contributed by atoms with E-state index in [0.717, 1.165) is 36.6 Å². The smallest absolute Gasteiger partial charge is 0.250 e. The number of hydrazone groups is 1. The van der Waals surface area contributed by atoms with Gasteiger partial charge in [0.1, 0.15) is 5.54 Å². The van der Waals surface area contributed by atoms with Gasteiger partial charge in [-0.2, -0.15) is 5.10 Å². The number of piperidine rings is 1. The van der Waals surface area contributed by atoms with Crippen LogP contribution >= 0.6 is 0 Å². The molecule has 0 radical (unpaired) electrons. The van der Waals surface area contributed by atoms with Crippen molar-refractivity contribution >= 4 is 17.3 Å². The van der Waals surface area contributed by atoms with Crippen LogP contribution in [-0.4, -0.2) is 55.1 Å². The molecule has 1 amide bonds. The Balaban J connectivity index is 1.49. The maximum absolute atomic E-state index is 14.3. The Bertz CT molecular complexity index is 1360. The molecule has 4 aliphatic heterocycles. The van der Waals surface area contributed by atoms with Crippen LogP contribution in [0.4, 0.5) is 5.69 Å². The fourth-order valence-electron chi connectivity index (χ4n) is 7.85. The number of hydrogen-bond donors (Lipinski definition) is 2. The monoisotopic (exact) mass is 477 g/mol. The number of para-hydroxylation sites is 1. The summed E-state index contributed by atoms with van der Waals surface area (Å²) in [6.45, 7) is 2.44. The zero-order valence-electron chi connectivity index (χ0n) is 20.7. The van der Waals surface area contributed by atoms with Gasteiger partial charge in [0.2, 0.25) is 0 Å². The first-order valence-electron chi connectivity index (χ1n) is 12.8. The molecule has 3 aromatic rings. The number of carbonyl (C=O) groups is 1. The highest BCUT2D eigenvalue weighted by molar-refractivity contribution is 6.13. The van der Waals surface area contributed by atoms with Gasteiger partial charge in [-0.05, 0) is 31.3 Å². The minimum atomic E-state index is -0.844. The number of likely N-dealkylation sites (N-methyl/N-ethyl adjacent to an activating group) is 1. The van der Waals surface area contributed by atoms with E-state index in [4.69, 9.17) is 5.10 Å². The topological polar surface area (TPSA) is 60.0 Å². The van der Waals surface area contributed by atoms with Crippen LogP contribution in [0.5, 0.6) is 0 Å². The van der Waals surface area contributed by atoms with Crippen molar-refractivity contribution in [2.45, 2.75) is 17.5 Å². The average Bonchev–Trinajstić information content (AvgIpc) is 3.54. The first-order valence-corrected chi connectivity index (χ1v) is 12.8. The van der Waals surface area contributed by atoms with Crippen molar-refractivity contribution in [1.82, 2.24) is 15.2 Å². The lowest BCUT2D eigenvalue weighted by Crippen LogP contribution is -2.66. The van der Waals surface area contributed by atoms with Gasteiger partial charge < -0.3 is 15.6 Å². The fraction of sp³-hybridized carbons (Fsp3) is 0.333. The van der Waals surface area contributed by atoms with E-state index in [9.17, 15) is 4.79 Å². The number of rotatable bonds is 2. The van der Waals surface area contributed by atoms with E-state index in [0.29, 0.717) is 0 Å². The van der Waals surface area contributed by atoms with Gasteiger partial charge in [0, 0.05) is 42.7 Å². The summed E-state index contributed by atoms with van der Waals surface area (Å²) in [5.74, 6) is 0.340. The number of nitrogens with one attached hydrogen (secondary N) is 2. The third-order valence-electron chi connectivity index (χ3n) is 9.09. The highest BCUT2D eigenvalue weighted by Gasteiger charge is 2.74. The van der Waals surface area contributed by atoms with Crippen LogP contribution < -0.4 is 10.7 Å². The zero-order chi connectivity index (χ0) is 24.5. The summed E-state index contributed by atoms with van der Waals surface area (Å²) in [7, 11) is 4.32. The standard InChI is InChI=1S/C30H31N5O/c1-34-17-22-26(21-13-7-4-8-14-21)32-33-27(22)29(19-34)24(20-11-5-3-6-12-20)18-35(2)30(29)23-15-9-10-16-25(23)31-28(30)36/h3-16,22,24,26,32H,17-19H2,1-2H3,(H,31,36)/t22?,24-,26?,29+,30+/m0/s1. The minimum absolute atomic E-state index is 0.0598. The van der Waals surface area contributed by atoms with Gasteiger partial charge in [0.05, 0.1) is 17.2 Å². The zero-order valence-corrected chi connectivity index (χ0v) is 20.7. The van der Waals surface area contributed by atoms with Crippen LogP contribution in [0.2, 0.25) is 0 Å². The van der Waals surface area contributed by atoms with Crippen molar-refractivity contribution < 1.29 is 4.79 Å². The third kappa shape index (κ3) is 2.63. The summed E-state index contributed by atoms with van der Waals surface area (Å²) < 4.78 is 0. The first kappa shape index (κ1) is 21.8. The summed E-state index contributed by atoms with van der Waals surface area (Å²) in [5.41, 5.74) is 7.77. The van der Waals surface area contributed by atoms with Crippen molar-refractivity contribution in [2.24, 2.45) is 16.4 Å². The molecule has 2 N–H and O–H groups in total. The van der Waals surface area contributed by atoms with Crippen molar-refractivity contribution in [3.63, 3.8) is 0 Å². The van der Waals surface area contributed by atoms with E-state index < -0.39 is 11.0 Å². The van der Waals surface area contributed by atoms with E-state index in [1.807, 2.05) is 12.1 Å². The maximum Gasteiger partial charge on any atom is 0.250 e. The molecule has 2 fully saturated rings. The molecular formula is C30H31N5O. The van der Waals surface area contributed by atoms with Crippen LogP contribution in [0, 0.1) is 11.3 Å². The number of carbonyl (C=O) groups excluding carboxylic acids is 1. The molecule has 6 heteroatoms. The molecule has 0 bridgehead atoms. The van der Waals surface area contributed by atoms with Crippen LogP contribution in [0.15, 0.2) is 90.0 Å². The second-order valence-electron chi connectivity index (χ2n) is 10.8. The highest BCUT2D eigenvalue weighted by Crippen LogP contribution is 2.65. The first-order chi connectivity index (χ1) is 17.6. The molecule has 182 valence electrons. The molecule has 0 saturated carbocycles. The quantitative estimate of drug-likeness (QED) is 0.589. The van der Waals surface area contributed by atoms with E-state index in [1.165, 1.54) is 11.1 Å². The predicted molar refractivity (Wildman–Crippen MR) is 142 cm³/mol. The molecule has 4 heterocycles. The SMILES string of the molecule is CN1CC2C(=NNC2c2ccccc2)[C@@]2(C1)[C@H](c1ccccc1)CN(C)[C@]21C(=O)Nc2ccccc21. The number of anilines is 1. The molecule has 0 aromatic heterocycles. The Labute approximate surface area is 212 Å². The Morgan fingerprint density at radius 2 is 1.53 bits per heavy atom. The van der Waals surface area contributed by atoms with Gasteiger partial charge in [-0.25, -0.2) is 0 Å². The van der Waals surface area contributed by atoms with Crippen LogP contribution in [0.1, 0.15) is 28.7 Å². The second-order valence-corrected chi connectivity index (χ2v) is 10.8. The van der Waals surface area contributed by atoms with Crippen molar-refractivity contribution in [3.05, 3.63) is 102 Å². The Morgan fingerprint density at radius 1 is 0.861 bits per heavy atom. The summed E-state index contributed by atoms with van der Waals surface area (Å²) in [6, 6.07) is 29.7. The molecule has 2 saturated heterocycles. The summed E-state index contributed by atoms with van der Waals surface area (Å²) >= 11 is 0. The lowest BCUT2D eigenvalue weighted by atomic mass is 9.54. The van der Waals surface area contributed by atoms with Crippen molar-refractivity contribution in [2.75, 3.05) is 39.0 Å². The highest BCUT2D eigenvalue weighted by atomic mass is 16.2. The number of nitrogens with zero attached hydrogens (tertiary/aromatic N) is 3. The molecular weight excluding hydrogens is 446 g/mol. The lowest BCUT2D eigenvalue weighted by molar-refractivity contribution is -0.130. The second kappa shape index (κ2) is 7.76. The Morgan fingerprint density at radius 3 is 2.28 bits per heavy atom. The van der Waals surface area contributed by atoms with E-state index in [1.54, 1.807) is 0 Å². The summed E-state index contributed by atoms with van der Waals surface area (Å²) in [4.78, 5) is 19.1. The maximum atomic E-state index is 14.3. The molecule has 4 aliphatic rings. The van der Waals surface area contributed by atoms with Gasteiger partial charge in [-0.3, -0.25) is 9.69 Å². The van der Waals surface area contributed by atoms with E-state index in [-0.39, 0.29) is 23.8 Å². The summed E-state index contributed by atoms with van der Waals surface area (Å²) in [5, 5.41) is 8.42. The van der Waals surface area contributed by atoms with E-state index in [2.05, 4.69) is 107 Å².